The summed E-state index contributed by atoms with van der Waals surface area (Å²) < 4.78 is 0. The quantitative estimate of drug-likeness (QED) is 0.889. The van der Waals surface area contributed by atoms with E-state index in [1.807, 2.05) is 48.5 Å². The third-order valence-corrected chi connectivity index (χ3v) is 5.97. The van der Waals surface area contributed by atoms with E-state index in [0.29, 0.717) is 23.2 Å². The predicted octanol–water partition coefficient (Wildman–Crippen LogP) is 3.33. The average molecular weight is 349 g/mol. The third-order valence-electron chi connectivity index (χ3n) is 4.95. The molecule has 4 nitrogen and oxygen atoms in total. The smallest absolute Gasteiger partial charge is 0.251 e. The van der Waals surface area contributed by atoms with Gasteiger partial charge in [0.15, 0.2) is 0 Å². The number of fused-ring (bicyclic) bond motifs is 2. The summed E-state index contributed by atoms with van der Waals surface area (Å²) in [7, 11) is 0. The zero-order valence-electron chi connectivity index (χ0n) is 13.7. The zero-order valence-corrected chi connectivity index (χ0v) is 14.6. The van der Waals surface area contributed by atoms with Crippen molar-refractivity contribution in [3.05, 3.63) is 59.7 Å². The number of amides is 1. The van der Waals surface area contributed by atoms with Gasteiger partial charge in [0.2, 0.25) is 0 Å². The minimum atomic E-state index is 0.00859. The van der Waals surface area contributed by atoms with Crippen LogP contribution in [0.15, 0.2) is 58.3 Å². The topological polar surface area (TPSA) is 64.9 Å². The summed E-state index contributed by atoms with van der Waals surface area (Å²) in [5.74, 6) is 0.00859. The Hall–Kier alpha value is -2.29. The molecule has 2 heterocycles. The Morgan fingerprint density at radius 3 is 2.32 bits per heavy atom. The van der Waals surface area contributed by atoms with E-state index in [2.05, 4.69) is 16.7 Å². The van der Waals surface area contributed by atoms with Gasteiger partial charge in [0.05, 0.1) is 11.6 Å². The Kier molecular flexibility index (Phi) is 4.48. The molecule has 25 heavy (non-hydrogen) atoms. The van der Waals surface area contributed by atoms with E-state index in [1.54, 1.807) is 11.8 Å². The van der Waals surface area contributed by atoms with E-state index < -0.39 is 0 Å². The van der Waals surface area contributed by atoms with Gasteiger partial charge in [-0.3, -0.25) is 4.79 Å². The van der Waals surface area contributed by atoms with E-state index in [0.717, 1.165) is 22.6 Å². The van der Waals surface area contributed by atoms with Crippen molar-refractivity contribution in [3.8, 4) is 6.07 Å². The van der Waals surface area contributed by atoms with Crippen LogP contribution in [0.3, 0.4) is 0 Å². The predicted molar refractivity (Wildman–Crippen MR) is 97.5 cm³/mol. The van der Waals surface area contributed by atoms with Gasteiger partial charge in [-0.1, -0.05) is 11.8 Å². The first-order valence-electron chi connectivity index (χ1n) is 8.56. The molecule has 2 aliphatic heterocycles. The molecule has 1 amide bonds. The molecular formula is C20H19N3OS. The van der Waals surface area contributed by atoms with E-state index in [1.165, 1.54) is 6.42 Å². The first kappa shape index (κ1) is 16.2. The lowest BCUT2D eigenvalue weighted by atomic mass is 9.95. The minimum Gasteiger partial charge on any atom is -0.348 e. The first-order valence-corrected chi connectivity index (χ1v) is 9.38. The number of hydrogen-bond donors (Lipinski definition) is 2. The highest BCUT2D eigenvalue weighted by Crippen LogP contribution is 2.29. The molecule has 2 aromatic rings. The van der Waals surface area contributed by atoms with Crippen LogP contribution in [0.2, 0.25) is 0 Å². The highest BCUT2D eigenvalue weighted by molar-refractivity contribution is 7.99. The van der Waals surface area contributed by atoms with Gasteiger partial charge in [-0.15, -0.1) is 0 Å². The van der Waals surface area contributed by atoms with Gasteiger partial charge in [0.1, 0.15) is 0 Å². The van der Waals surface area contributed by atoms with Gasteiger partial charge in [-0.25, -0.2) is 0 Å². The molecule has 0 radical (unpaired) electrons. The highest BCUT2D eigenvalue weighted by Gasteiger charge is 2.39. The van der Waals surface area contributed by atoms with Crippen molar-refractivity contribution in [2.45, 2.75) is 47.2 Å². The van der Waals surface area contributed by atoms with Crippen molar-refractivity contribution in [1.29, 1.82) is 5.26 Å². The van der Waals surface area contributed by atoms with Crippen LogP contribution in [-0.2, 0) is 0 Å². The summed E-state index contributed by atoms with van der Waals surface area (Å²) in [5, 5.41) is 15.5. The van der Waals surface area contributed by atoms with Crippen molar-refractivity contribution < 1.29 is 4.79 Å². The maximum absolute atomic E-state index is 12.4. The SMILES string of the molecule is N#Cc1ccc(Sc2ccc(C(=O)N[C@@H]3C[C@H]4CC[C@@H]3N4)cc2)cc1. The van der Waals surface area contributed by atoms with E-state index in [-0.39, 0.29) is 11.9 Å². The molecule has 0 aromatic heterocycles. The molecule has 0 aliphatic carbocycles. The van der Waals surface area contributed by atoms with Crippen LogP contribution >= 0.6 is 11.8 Å². The Morgan fingerprint density at radius 2 is 1.76 bits per heavy atom. The second kappa shape index (κ2) is 6.91. The van der Waals surface area contributed by atoms with E-state index in [9.17, 15) is 4.79 Å². The van der Waals surface area contributed by atoms with Crippen LogP contribution in [0.5, 0.6) is 0 Å². The fourth-order valence-corrected chi connectivity index (χ4v) is 4.46. The Bertz CT molecular complexity index is 810. The molecular weight excluding hydrogens is 330 g/mol. The number of carbonyl (C=O) groups excluding carboxylic acids is 1. The lowest BCUT2D eigenvalue weighted by Crippen LogP contribution is -2.42. The number of rotatable bonds is 4. The van der Waals surface area contributed by atoms with Crippen molar-refractivity contribution in [2.24, 2.45) is 0 Å². The molecule has 0 saturated carbocycles. The Labute approximate surface area is 151 Å². The number of nitriles is 1. The maximum atomic E-state index is 12.4. The van der Waals surface area contributed by atoms with Crippen LogP contribution in [0.1, 0.15) is 35.2 Å². The Morgan fingerprint density at radius 1 is 1.08 bits per heavy atom. The molecule has 2 N–H and O–H groups in total. The lowest BCUT2D eigenvalue weighted by Gasteiger charge is -2.21. The van der Waals surface area contributed by atoms with Crippen molar-refractivity contribution in [3.63, 3.8) is 0 Å². The maximum Gasteiger partial charge on any atom is 0.251 e. The van der Waals surface area contributed by atoms with Gasteiger partial charge < -0.3 is 10.6 Å². The lowest BCUT2D eigenvalue weighted by molar-refractivity contribution is 0.0931. The summed E-state index contributed by atoms with van der Waals surface area (Å²) in [6, 6.07) is 18.6. The molecule has 0 unspecified atom stereocenters. The summed E-state index contributed by atoms with van der Waals surface area (Å²) in [6.07, 6.45) is 3.44. The largest absolute Gasteiger partial charge is 0.348 e. The van der Waals surface area contributed by atoms with Crippen molar-refractivity contribution in [1.82, 2.24) is 10.6 Å². The summed E-state index contributed by atoms with van der Waals surface area (Å²) in [5.41, 5.74) is 1.36. The number of nitrogens with one attached hydrogen (secondary N) is 2. The summed E-state index contributed by atoms with van der Waals surface area (Å²) in [4.78, 5) is 14.6. The average Bonchev–Trinajstić information content (AvgIpc) is 3.26. The van der Waals surface area contributed by atoms with E-state index in [4.69, 9.17) is 5.26 Å². The van der Waals surface area contributed by atoms with Crippen molar-refractivity contribution in [2.75, 3.05) is 0 Å². The van der Waals surface area contributed by atoms with E-state index >= 15 is 0 Å². The van der Waals surface area contributed by atoms with Crippen LogP contribution < -0.4 is 10.6 Å². The standard InChI is InChI=1S/C20H19N3OS/c21-12-13-1-6-16(7-2-13)25-17-8-3-14(4-9-17)20(24)23-19-11-15-5-10-18(19)22-15/h1-4,6-9,15,18-19,22H,5,10-11H2,(H,23,24)/t15-,18+,19-/m1/s1. The molecule has 2 bridgehead atoms. The number of hydrogen-bond acceptors (Lipinski definition) is 4. The van der Waals surface area contributed by atoms with Crippen LogP contribution in [0.25, 0.3) is 0 Å². The Balaban J connectivity index is 1.37. The van der Waals surface area contributed by atoms with Gasteiger partial charge in [0, 0.05) is 33.5 Å². The zero-order chi connectivity index (χ0) is 17.2. The van der Waals surface area contributed by atoms with Crippen LogP contribution in [0.4, 0.5) is 0 Å². The van der Waals surface area contributed by atoms with Crippen LogP contribution in [0, 0.1) is 11.3 Å². The second-order valence-corrected chi connectivity index (χ2v) is 7.77. The molecule has 2 aliphatic rings. The van der Waals surface area contributed by atoms with Gasteiger partial charge in [-0.05, 0) is 67.8 Å². The van der Waals surface area contributed by atoms with Gasteiger partial charge >= 0.3 is 0 Å². The van der Waals surface area contributed by atoms with Crippen LogP contribution in [-0.4, -0.2) is 24.0 Å². The highest BCUT2D eigenvalue weighted by atomic mass is 32.2. The van der Waals surface area contributed by atoms with Gasteiger partial charge in [0.25, 0.3) is 5.91 Å². The molecule has 2 fully saturated rings. The molecule has 2 saturated heterocycles. The number of nitrogens with zero attached hydrogens (tertiary/aromatic N) is 1. The molecule has 0 spiro atoms. The normalized spacial score (nSPS) is 24.0. The molecule has 126 valence electrons. The number of carbonyl (C=O) groups is 1. The third kappa shape index (κ3) is 3.55. The summed E-state index contributed by atoms with van der Waals surface area (Å²) in [6.45, 7) is 0. The molecule has 4 rings (SSSR count). The summed E-state index contributed by atoms with van der Waals surface area (Å²) >= 11 is 1.62. The fourth-order valence-electron chi connectivity index (χ4n) is 3.64. The molecule has 5 heteroatoms. The number of benzene rings is 2. The molecule has 3 atom stereocenters. The first-order chi connectivity index (χ1) is 12.2. The van der Waals surface area contributed by atoms with Gasteiger partial charge in [-0.2, -0.15) is 5.26 Å². The monoisotopic (exact) mass is 349 g/mol. The second-order valence-electron chi connectivity index (χ2n) is 6.63. The minimum absolute atomic E-state index is 0.00859. The molecule has 2 aromatic carbocycles. The van der Waals surface area contributed by atoms with Crippen molar-refractivity contribution >= 4 is 17.7 Å². The fraction of sp³-hybridized carbons (Fsp3) is 0.300.